The summed E-state index contributed by atoms with van der Waals surface area (Å²) in [5, 5.41) is 10.6. The highest BCUT2D eigenvalue weighted by Gasteiger charge is 1.96. The molecule has 1 atom stereocenters. The van der Waals surface area contributed by atoms with Gasteiger partial charge in [0.1, 0.15) is 0 Å². The van der Waals surface area contributed by atoms with Gasteiger partial charge in [-0.15, -0.1) is 0 Å². The molecule has 0 aromatic carbocycles. The van der Waals surface area contributed by atoms with Crippen LogP contribution < -0.4 is 0 Å². The van der Waals surface area contributed by atoms with E-state index in [0.717, 1.165) is 38.9 Å². The molecule has 0 aliphatic rings. The highest BCUT2D eigenvalue weighted by molar-refractivity contribution is 4.46. The van der Waals surface area contributed by atoms with E-state index in [0.29, 0.717) is 0 Å². The molecule has 0 bridgehead atoms. The van der Waals surface area contributed by atoms with Crippen molar-refractivity contribution in [3.63, 3.8) is 0 Å². The number of hydrogen-bond donors (Lipinski definition) is 0. The molecule has 0 N–H and O–H groups in total. The first kappa shape index (κ1) is 10.9. The Labute approximate surface area is 69.6 Å². The third-order valence-electron chi connectivity index (χ3n) is 1.50. The van der Waals surface area contributed by atoms with Gasteiger partial charge in [-0.2, -0.15) is 0 Å². The fourth-order valence-corrected chi connectivity index (χ4v) is 0.882. The van der Waals surface area contributed by atoms with E-state index in [1.54, 1.807) is 6.92 Å². The smallest absolute Gasteiger partial charge is 0.0902 e. The third kappa shape index (κ3) is 9.92. The molecule has 0 aliphatic carbocycles. The number of rotatable bonds is 7. The van der Waals surface area contributed by atoms with Gasteiger partial charge in [-0.05, 0) is 32.6 Å². The first-order valence-electron chi connectivity index (χ1n) is 4.51. The van der Waals surface area contributed by atoms with Gasteiger partial charge in [-0.3, -0.25) is 0 Å². The van der Waals surface area contributed by atoms with Gasteiger partial charge in [0.05, 0.1) is 6.10 Å². The van der Waals surface area contributed by atoms with E-state index in [9.17, 15) is 5.11 Å². The van der Waals surface area contributed by atoms with Gasteiger partial charge in [0.25, 0.3) is 0 Å². The van der Waals surface area contributed by atoms with Crippen LogP contribution in [0.2, 0.25) is 0 Å². The van der Waals surface area contributed by atoms with Crippen molar-refractivity contribution in [1.82, 2.24) is 0 Å². The zero-order valence-corrected chi connectivity index (χ0v) is 7.64. The maximum Gasteiger partial charge on any atom is 0.0902 e. The lowest BCUT2D eigenvalue weighted by atomic mass is 10.2. The van der Waals surface area contributed by atoms with Crippen LogP contribution in [0.25, 0.3) is 0 Å². The molecular formula is C9H19O2. The van der Waals surface area contributed by atoms with Crippen LogP contribution in [0.15, 0.2) is 0 Å². The molecule has 11 heavy (non-hydrogen) atoms. The summed E-state index contributed by atoms with van der Waals surface area (Å²) in [6.45, 7) is 5.49. The summed E-state index contributed by atoms with van der Waals surface area (Å²) in [7, 11) is 0. The lowest BCUT2D eigenvalue weighted by molar-refractivity contribution is 0.0877. The lowest BCUT2D eigenvalue weighted by Gasteiger charge is -2.02. The normalized spacial score (nSPS) is 13.4. The lowest BCUT2D eigenvalue weighted by Crippen LogP contribution is -2.00. The minimum atomic E-state index is -0.402. The van der Waals surface area contributed by atoms with E-state index < -0.39 is 6.10 Å². The second kappa shape index (κ2) is 8.02. The summed E-state index contributed by atoms with van der Waals surface area (Å²) >= 11 is 0. The molecule has 2 heteroatoms. The van der Waals surface area contributed by atoms with Crippen LogP contribution in [-0.4, -0.2) is 19.3 Å². The highest BCUT2D eigenvalue weighted by atomic mass is 16.5. The Morgan fingerprint density at radius 2 is 2.00 bits per heavy atom. The predicted molar refractivity (Wildman–Crippen MR) is 45.1 cm³/mol. The topological polar surface area (TPSA) is 29.1 Å². The van der Waals surface area contributed by atoms with Crippen LogP contribution in [0.3, 0.4) is 0 Å². The van der Waals surface area contributed by atoms with Crippen molar-refractivity contribution in [2.75, 3.05) is 13.2 Å². The Bertz CT molecular complexity index is 72.0. The van der Waals surface area contributed by atoms with Gasteiger partial charge in [0.15, 0.2) is 0 Å². The van der Waals surface area contributed by atoms with Crippen LogP contribution >= 0.6 is 0 Å². The molecule has 0 saturated heterocycles. The zero-order valence-electron chi connectivity index (χ0n) is 7.64. The van der Waals surface area contributed by atoms with Crippen LogP contribution in [-0.2, 0) is 9.84 Å². The summed E-state index contributed by atoms with van der Waals surface area (Å²) in [5.41, 5.74) is 0. The summed E-state index contributed by atoms with van der Waals surface area (Å²) < 4.78 is 5.26. The third-order valence-corrected chi connectivity index (χ3v) is 1.50. The first-order valence-corrected chi connectivity index (χ1v) is 4.51. The minimum absolute atomic E-state index is 0.402. The van der Waals surface area contributed by atoms with Gasteiger partial charge in [-0.25, -0.2) is 5.11 Å². The van der Waals surface area contributed by atoms with E-state index in [4.69, 9.17) is 4.74 Å². The monoisotopic (exact) mass is 159 g/mol. The number of ether oxygens (including phenoxy) is 1. The van der Waals surface area contributed by atoms with Crippen LogP contribution in [0, 0.1) is 0 Å². The van der Waals surface area contributed by atoms with Crippen molar-refractivity contribution in [2.24, 2.45) is 0 Å². The summed E-state index contributed by atoms with van der Waals surface area (Å²) in [6.07, 6.45) is 3.51. The standard InChI is InChI=1S/C9H19O2/c1-3-7-11-8-5-4-6-9(2)10/h9H,3-8H2,1-2H3. The van der Waals surface area contributed by atoms with Crippen LogP contribution in [0.1, 0.15) is 39.5 Å². The Kier molecular flexibility index (Phi) is 7.96. The van der Waals surface area contributed by atoms with E-state index >= 15 is 0 Å². The van der Waals surface area contributed by atoms with Gasteiger partial charge >= 0.3 is 0 Å². The second-order valence-corrected chi connectivity index (χ2v) is 2.92. The van der Waals surface area contributed by atoms with Gasteiger partial charge in [0, 0.05) is 13.2 Å². The first-order chi connectivity index (χ1) is 5.27. The highest BCUT2D eigenvalue weighted by Crippen LogP contribution is 2.00. The molecular weight excluding hydrogens is 140 g/mol. The fourth-order valence-electron chi connectivity index (χ4n) is 0.882. The predicted octanol–water partition coefficient (Wildman–Crippen LogP) is 2.40. The van der Waals surface area contributed by atoms with Crippen molar-refractivity contribution in [3.8, 4) is 0 Å². The molecule has 1 radical (unpaired) electrons. The average molecular weight is 159 g/mol. The largest absolute Gasteiger partial charge is 0.381 e. The fraction of sp³-hybridized carbons (Fsp3) is 1.00. The van der Waals surface area contributed by atoms with E-state index in [1.165, 1.54) is 0 Å². The molecule has 0 fully saturated rings. The molecule has 0 spiro atoms. The quantitative estimate of drug-likeness (QED) is 0.524. The van der Waals surface area contributed by atoms with Crippen molar-refractivity contribution in [2.45, 2.75) is 45.6 Å². The molecule has 2 nitrogen and oxygen atoms in total. The van der Waals surface area contributed by atoms with Crippen LogP contribution in [0.4, 0.5) is 0 Å². The molecule has 0 aromatic rings. The number of hydrogen-bond acceptors (Lipinski definition) is 1. The average Bonchev–Trinajstić information content (AvgIpc) is 1.96. The van der Waals surface area contributed by atoms with Gasteiger partial charge in [-0.1, -0.05) is 6.92 Å². The second-order valence-electron chi connectivity index (χ2n) is 2.92. The van der Waals surface area contributed by atoms with Gasteiger partial charge < -0.3 is 4.74 Å². The van der Waals surface area contributed by atoms with Crippen molar-refractivity contribution in [3.05, 3.63) is 0 Å². The molecule has 0 rings (SSSR count). The van der Waals surface area contributed by atoms with Crippen molar-refractivity contribution in [1.29, 1.82) is 0 Å². The molecule has 0 amide bonds. The molecule has 0 aliphatic heterocycles. The maximum absolute atomic E-state index is 10.6. The summed E-state index contributed by atoms with van der Waals surface area (Å²) in [5.74, 6) is 0. The molecule has 1 unspecified atom stereocenters. The Morgan fingerprint density at radius 3 is 2.55 bits per heavy atom. The summed E-state index contributed by atoms with van der Waals surface area (Å²) in [4.78, 5) is 0. The van der Waals surface area contributed by atoms with Crippen LogP contribution in [0.5, 0.6) is 0 Å². The molecule has 0 heterocycles. The molecule has 0 aromatic heterocycles. The van der Waals surface area contributed by atoms with E-state index in [-0.39, 0.29) is 0 Å². The van der Waals surface area contributed by atoms with E-state index in [1.807, 2.05) is 0 Å². The molecule has 67 valence electrons. The van der Waals surface area contributed by atoms with E-state index in [2.05, 4.69) is 6.92 Å². The van der Waals surface area contributed by atoms with Gasteiger partial charge in [0.2, 0.25) is 0 Å². The summed E-state index contributed by atoms with van der Waals surface area (Å²) in [6, 6.07) is 0. The molecule has 0 saturated carbocycles. The van der Waals surface area contributed by atoms with Crippen molar-refractivity contribution < 1.29 is 9.84 Å². The Balaban J connectivity index is 2.80. The Hall–Kier alpha value is -0.0800. The van der Waals surface area contributed by atoms with Crippen molar-refractivity contribution >= 4 is 0 Å². The zero-order chi connectivity index (χ0) is 8.53. The Morgan fingerprint density at radius 1 is 1.27 bits per heavy atom. The maximum atomic E-state index is 10.6. The number of unbranched alkanes of at least 4 members (excludes halogenated alkanes) is 1. The minimum Gasteiger partial charge on any atom is -0.381 e. The SMILES string of the molecule is CCCOCCCCC(C)[O].